The quantitative estimate of drug-likeness (QED) is 0.770. The summed E-state index contributed by atoms with van der Waals surface area (Å²) < 4.78 is 0. The van der Waals surface area contributed by atoms with E-state index < -0.39 is 6.10 Å². The predicted molar refractivity (Wildman–Crippen MR) is 60.8 cm³/mol. The molecule has 1 rings (SSSR count). The lowest BCUT2D eigenvalue weighted by Gasteiger charge is -2.13. The van der Waals surface area contributed by atoms with Crippen molar-refractivity contribution < 1.29 is 9.90 Å². The summed E-state index contributed by atoms with van der Waals surface area (Å²) in [6, 6.07) is 1.88. The van der Waals surface area contributed by atoms with Crippen LogP contribution in [0.25, 0.3) is 0 Å². The fourth-order valence-corrected chi connectivity index (χ4v) is 1.76. The number of carbonyl (C=O) groups is 1. The van der Waals surface area contributed by atoms with Crippen LogP contribution in [0.5, 0.6) is 0 Å². The first-order chi connectivity index (χ1) is 7.11. The number of rotatable bonds is 5. The topological polar surface area (TPSA) is 52.6 Å². The van der Waals surface area contributed by atoms with Crippen LogP contribution in [-0.4, -0.2) is 43.1 Å². The highest BCUT2D eigenvalue weighted by atomic mass is 32.1. The molecule has 0 aromatic carbocycles. The molecule has 4 nitrogen and oxygen atoms in total. The van der Waals surface area contributed by atoms with Gasteiger partial charge in [-0.15, -0.1) is 0 Å². The normalized spacial score (nSPS) is 12.5. The molecule has 1 atom stereocenters. The lowest BCUT2D eigenvalue weighted by Crippen LogP contribution is -2.34. The number of amides is 1. The fourth-order valence-electron chi connectivity index (χ4n) is 1.06. The van der Waals surface area contributed by atoms with Gasteiger partial charge in [0.25, 0.3) is 0 Å². The van der Waals surface area contributed by atoms with Crippen LogP contribution in [-0.2, 0) is 4.79 Å². The number of nitrogens with zero attached hydrogens (tertiary/aromatic N) is 1. The van der Waals surface area contributed by atoms with Crippen LogP contribution in [0.4, 0.5) is 0 Å². The number of nitrogens with one attached hydrogen (secondary N) is 1. The molecule has 0 aliphatic heterocycles. The molecule has 15 heavy (non-hydrogen) atoms. The van der Waals surface area contributed by atoms with Crippen molar-refractivity contribution in [3.63, 3.8) is 0 Å². The Morgan fingerprint density at radius 3 is 2.93 bits per heavy atom. The van der Waals surface area contributed by atoms with Gasteiger partial charge in [-0.25, -0.2) is 0 Å². The third-order valence-corrected chi connectivity index (χ3v) is 2.74. The minimum atomic E-state index is -0.536. The second-order valence-electron chi connectivity index (χ2n) is 3.49. The molecule has 1 heterocycles. The second-order valence-corrected chi connectivity index (χ2v) is 4.27. The average molecular weight is 228 g/mol. The highest BCUT2D eigenvalue weighted by Gasteiger charge is 2.08. The summed E-state index contributed by atoms with van der Waals surface area (Å²) >= 11 is 1.55. The van der Waals surface area contributed by atoms with E-state index in [0.29, 0.717) is 6.54 Å². The molecule has 0 radical (unpaired) electrons. The number of hydrogen-bond acceptors (Lipinski definition) is 4. The van der Waals surface area contributed by atoms with Crippen molar-refractivity contribution in [1.29, 1.82) is 0 Å². The molecule has 1 unspecified atom stereocenters. The molecule has 1 aromatic heterocycles. The van der Waals surface area contributed by atoms with Gasteiger partial charge in [-0.3, -0.25) is 4.79 Å². The van der Waals surface area contributed by atoms with Gasteiger partial charge in [0.2, 0.25) is 5.91 Å². The Labute approximate surface area is 93.5 Å². The molecule has 2 N–H and O–H groups in total. The first-order valence-corrected chi connectivity index (χ1v) is 5.66. The highest BCUT2D eigenvalue weighted by Crippen LogP contribution is 2.14. The summed E-state index contributed by atoms with van der Waals surface area (Å²) in [5, 5.41) is 16.4. The zero-order chi connectivity index (χ0) is 11.3. The van der Waals surface area contributed by atoms with Gasteiger partial charge in [-0.1, -0.05) is 0 Å². The molecule has 5 heteroatoms. The maximum atomic E-state index is 11.2. The standard InChI is InChI=1S/C10H16N2O2S/c1-12(2)10(14)6-11-5-9(13)8-3-4-15-7-8/h3-4,7,9,11,13H,5-6H2,1-2H3. The molecule has 0 aliphatic carbocycles. The van der Waals surface area contributed by atoms with Crippen LogP contribution < -0.4 is 5.32 Å². The molecule has 1 aromatic rings. The van der Waals surface area contributed by atoms with E-state index in [-0.39, 0.29) is 12.5 Å². The van der Waals surface area contributed by atoms with E-state index in [2.05, 4.69) is 5.32 Å². The smallest absolute Gasteiger partial charge is 0.236 e. The van der Waals surface area contributed by atoms with Crippen LogP contribution in [0.3, 0.4) is 0 Å². The maximum Gasteiger partial charge on any atom is 0.236 e. The Morgan fingerprint density at radius 1 is 1.67 bits per heavy atom. The summed E-state index contributed by atoms with van der Waals surface area (Å²) in [6.45, 7) is 0.657. The van der Waals surface area contributed by atoms with Crippen molar-refractivity contribution in [3.05, 3.63) is 22.4 Å². The summed E-state index contributed by atoms with van der Waals surface area (Å²) in [6.07, 6.45) is -0.536. The lowest BCUT2D eigenvalue weighted by atomic mass is 10.2. The highest BCUT2D eigenvalue weighted by molar-refractivity contribution is 7.07. The number of carbonyl (C=O) groups excluding carboxylic acids is 1. The van der Waals surface area contributed by atoms with E-state index in [1.807, 2.05) is 16.8 Å². The molecule has 0 saturated heterocycles. The van der Waals surface area contributed by atoms with Crippen LogP contribution >= 0.6 is 11.3 Å². The van der Waals surface area contributed by atoms with Gasteiger partial charge in [0.05, 0.1) is 12.6 Å². The largest absolute Gasteiger partial charge is 0.387 e. The van der Waals surface area contributed by atoms with Gasteiger partial charge in [0.1, 0.15) is 0 Å². The second kappa shape index (κ2) is 5.85. The van der Waals surface area contributed by atoms with Gasteiger partial charge in [-0.2, -0.15) is 11.3 Å². The SMILES string of the molecule is CN(C)C(=O)CNCC(O)c1ccsc1. The predicted octanol–water partition coefficient (Wildman–Crippen LogP) is 0.459. The van der Waals surface area contributed by atoms with E-state index in [1.165, 1.54) is 4.90 Å². The number of hydrogen-bond donors (Lipinski definition) is 2. The van der Waals surface area contributed by atoms with Crippen molar-refractivity contribution in [2.45, 2.75) is 6.10 Å². The first-order valence-electron chi connectivity index (χ1n) is 4.72. The number of aliphatic hydroxyl groups is 1. The molecule has 84 valence electrons. The monoisotopic (exact) mass is 228 g/mol. The fraction of sp³-hybridized carbons (Fsp3) is 0.500. The molecule has 0 spiro atoms. The first kappa shape index (κ1) is 12.2. The van der Waals surface area contributed by atoms with E-state index >= 15 is 0 Å². The minimum Gasteiger partial charge on any atom is -0.387 e. The van der Waals surface area contributed by atoms with Crippen molar-refractivity contribution >= 4 is 17.2 Å². The van der Waals surface area contributed by atoms with Crippen LogP contribution in [0.2, 0.25) is 0 Å². The summed E-state index contributed by atoms with van der Waals surface area (Å²) in [5.41, 5.74) is 0.893. The Morgan fingerprint density at radius 2 is 2.40 bits per heavy atom. The third-order valence-electron chi connectivity index (χ3n) is 2.04. The molecule has 0 saturated carbocycles. The molecule has 0 aliphatic rings. The zero-order valence-electron chi connectivity index (χ0n) is 8.93. The average Bonchev–Trinajstić information content (AvgIpc) is 2.70. The van der Waals surface area contributed by atoms with Crippen molar-refractivity contribution in [3.8, 4) is 0 Å². The van der Waals surface area contributed by atoms with Gasteiger partial charge in [-0.05, 0) is 22.4 Å². The Kier molecular flexibility index (Phi) is 4.74. The van der Waals surface area contributed by atoms with Crippen molar-refractivity contribution in [1.82, 2.24) is 10.2 Å². The Balaban J connectivity index is 2.24. The van der Waals surface area contributed by atoms with Crippen LogP contribution in [0.1, 0.15) is 11.7 Å². The van der Waals surface area contributed by atoms with E-state index in [0.717, 1.165) is 5.56 Å². The number of thiophene rings is 1. The van der Waals surface area contributed by atoms with E-state index in [4.69, 9.17) is 0 Å². The van der Waals surface area contributed by atoms with E-state index in [1.54, 1.807) is 25.4 Å². The zero-order valence-corrected chi connectivity index (χ0v) is 9.75. The summed E-state index contributed by atoms with van der Waals surface area (Å²) in [7, 11) is 3.42. The lowest BCUT2D eigenvalue weighted by molar-refractivity contribution is -0.127. The maximum absolute atomic E-state index is 11.2. The summed E-state index contributed by atoms with van der Waals surface area (Å²) in [4.78, 5) is 12.7. The third kappa shape index (κ3) is 3.99. The minimum absolute atomic E-state index is 0.00696. The number of aliphatic hydroxyl groups excluding tert-OH is 1. The van der Waals surface area contributed by atoms with E-state index in [9.17, 15) is 9.90 Å². The number of likely N-dealkylation sites (N-methyl/N-ethyl adjacent to an activating group) is 1. The molecular formula is C10H16N2O2S. The van der Waals surface area contributed by atoms with Gasteiger partial charge in [0, 0.05) is 20.6 Å². The molecular weight excluding hydrogens is 212 g/mol. The Bertz CT molecular complexity index is 298. The van der Waals surface area contributed by atoms with Crippen LogP contribution in [0, 0.1) is 0 Å². The van der Waals surface area contributed by atoms with Gasteiger partial charge < -0.3 is 15.3 Å². The van der Waals surface area contributed by atoms with Gasteiger partial charge in [0.15, 0.2) is 0 Å². The van der Waals surface area contributed by atoms with Crippen LogP contribution in [0.15, 0.2) is 16.8 Å². The molecule has 0 fully saturated rings. The van der Waals surface area contributed by atoms with Crippen molar-refractivity contribution in [2.24, 2.45) is 0 Å². The van der Waals surface area contributed by atoms with Crippen molar-refractivity contribution in [2.75, 3.05) is 27.2 Å². The molecule has 1 amide bonds. The van der Waals surface area contributed by atoms with Gasteiger partial charge >= 0.3 is 0 Å². The Hall–Kier alpha value is -0.910. The summed E-state index contributed by atoms with van der Waals surface area (Å²) in [5.74, 6) is 0.00696. The molecule has 0 bridgehead atoms.